The van der Waals surface area contributed by atoms with Crippen LogP contribution in [-0.4, -0.2) is 59.6 Å². The summed E-state index contributed by atoms with van der Waals surface area (Å²) in [5.41, 5.74) is 0.680. The first-order valence-electron chi connectivity index (χ1n) is 18.5. The van der Waals surface area contributed by atoms with Crippen LogP contribution in [-0.2, 0) is 34.5 Å². The van der Waals surface area contributed by atoms with Gasteiger partial charge in [0.05, 0.1) is 28.1 Å². The van der Waals surface area contributed by atoms with Gasteiger partial charge in [-0.15, -0.1) is 11.8 Å². The average Bonchev–Trinajstić information content (AvgIpc) is 3.17. The SMILES string of the molecule is [2H]C([2H])(CN1CCC(N(Cc2ccc(-c3ccc(C(F)(F)F)cc3)cc2)C(=O)C([2H])([2H])n2c(SCc3cccc(F)c3F)cc(=O)c3ccccc32)CC1)OC. The maximum Gasteiger partial charge on any atom is 0.416 e. The van der Waals surface area contributed by atoms with E-state index < -0.39 is 53.8 Å². The summed E-state index contributed by atoms with van der Waals surface area (Å²) in [6.45, 7) is -4.01. The molecule has 4 aromatic carbocycles. The van der Waals surface area contributed by atoms with E-state index in [4.69, 9.17) is 7.48 Å². The van der Waals surface area contributed by atoms with Gasteiger partial charge < -0.3 is 19.1 Å². The van der Waals surface area contributed by atoms with E-state index in [1.807, 2.05) is 4.90 Å². The van der Waals surface area contributed by atoms with Crippen LogP contribution in [0.1, 0.15) is 35.0 Å². The number of pyridine rings is 1. The second-order valence-corrected chi connectivity index (χ2v) is 13.4. The standard InChI is InChI=1S/C40H38F5N3O3S/c1-51-22-21-46-19-17-32(18-20-46)47(24-27-9-11-28(12-10-27)29-13-15-31(16-14-29)40(43,44)45)37(50)25-48-35-8-3-2-6-33(35)36(49)23-38(48)52-26-30-5-4-7-34(41)39(30)42/h2-16,23,32H,17-22,24-26H2,1H3/i22D2,25D2. The maximum absolute atomic E-state index is 14.8. The lowest BCUT2D eigenvalue weighted by Crippen LogP contribution is -2.48. The molecule has 2 heterocycles. The van der Waals surface area contributed by atoms with Crippen LogP contribution in [0.3, 0.4) is 0 Å². The Labute approximate surface area is 308 Å². The van der Waals surface area contributed by atoms with E-state index in [9.17, 15) is 34.3 Å². The van der Waals surface area contributed by atoms with Crippen molar-refractivity contribution in [2.45, 2.75) is 48.9 Å². The van der Waals surface area contributed by atoms with Gasteiger partial charge in [-0.1, -0.05) is 60.7 Å². The molecule has 1 aromatic heterocycles. The number of likely N-dealkylation sites (tertiary alicyclic amines) is 1. The van der Waals surface area contributed by atoms with Crippen molar-refractivity contribution in [1.29, 1.82) is 0 Å². The van der Waals surface area contributed by atoms with Crippen LogP contribution in [0.25, 0.3) is 22.0 Å². The molecule has 272 valence electrons. The Hall–Kier alpha value is -4.52. The predicted octanol–water partition coefficient (Wildman–Crippen LogP) is 8.40. The summed E-state index contributed by atoms with van der Waals surface area (Å²) in [4.78, 5) is 31.4. The Kier molecular flexibility index (Phi) is 10.2. The summed E-state index contributed by atoms with van der Waals surface area (Å²) in [7, 11) is 1.28. The first-order chi connectivity index (χ1) is 26.5. The second kappa shape index (κ2) is 16.4. The molecule has 0 aliphatic carbocycles. The number of amides is 1. The number of rotatable bonds is 12. The molecule has 6 nitrogen and oxygen atoms in total. The summed E-state index contributed by atoms with van der Waals surface area (Å²) < 4.78 is 109. The number of halogens is 5. The zero-order chi connectivity index (χ0) is 40.4. The van der Waals surface area contributed by atoms with Gasteiger partial charge >= 0.3 is 6.18 Å². The molecule has 0 spiro atoms. The zero-order valence-corrected chi connectivity index (χ0v) is 28.9. The van der Waals surface area contributed by atoms with E-state index >= 15 is 0 Å². The lowest BCUT2D eigenvalue weighted by atomic mass is 10.00. The third-order valence-electron chi connectivity index (χ3n) is 9.04. The lowest BCUT2D eigenvalue weighted by Gasteiger charge is -2.39. The van der Waals surface area contributed by atoms with Gasteiger partial charge in [-0.2, -0.15) is 13.2 Å². The molecule has 1 saturated heterocycles. The molecular formula is C40H38F5N3O3S. The van der Waals surface area contributed by atoms with Crippen molar-refractivity contribution >= 4 is 28.6 Å². The third kappa shape index (κ3) is 8.74. The number of piperidine rings is 1. The highest BCUT2D eigenvalue weighted by Gasteiger charge is 2.31. The summed E-state index contributed by atoms with van der Waals surface area (Å²) >= 11 is 0.886. The number of para-hydroxylation sites is 1. The Morgan fingerprint density at radius 2 is 1.62 bits per heavy atom. The molecule has 5 aromatic rings. The molecule has 0 unspecified atom stereocenters. The zero-order valence-electron chi connectivity index (χ0n) is 32.1. The molecule has 12 heteroatoms. The van der Waals surface area contributed by atoms with Crippen molar-refractivity contribution < 1.29 is 37.0 Å². The first kappa shape index (κ1) is 32.2. The summed E-state index contributed by atoms with van der Waals surface area (Å²) in [6.07, 6.45) is -3.73. The number of carbonyl (C=O) groups excluding carboxylic acids is 1. The number of thioether (sulfide) groups is 1. The number of aromatic nitrogens is 1. The quantitative estimate of drug-likeness (QED) is 0.0951. The van der Waals surface area contributed by atoms with E-state index in [1.54, 1.807) is 36.4 Å². The van der Waals surface area contributed by atoms with Crippen molar-refractivity contribution in [1.82, 2.24) is 14.4 Å². The van der Waals surface area contributed by atoms with Gasteiger partial charge in [0.25, 0.3) is 0 Å². The molecule has 6 rings (SSSR count). The Morgan fingerprint density at radius 3 is 2.29 bits per heavy atom. The minimum absolute atomic E-state index is 0.00766. The summed E-state index contributed by atoms with van der Waals surface area (Å²) in [6, 6.07) is 22.2. The van der Waals surface area contributed by atoms with Crippen molar-refractivity contribution in [3.63, 3.8) is 0 Å². The second-order valence-electron chi connectivity index (χ2n) is 12.4. The number of alkyl halides is 3. The molecule has 0 atom stereocenters. The largest absolute Gasteiger partial charge is 0.416 e. The van der Waals surface area contributed by atoms with Crippen molar-refractivity contribution in [3.8, 4) is 11.1 Å². The number of benzene rings is 4. The van der Waals surface area contributed by atoms with E-state index in [2.05, 4.69) is 0 Å². The topological polar surface area (TPSA) is 54.8 Å². The van der Waals surface area contributed by atoms with Gasteiger partial charge in [0.1, 0.15) is 6.50 Å². The van der Waals surface area contributed by atoms with Crippen molar-refractivity contribution in [2.75, 3.05) is 33.3 Å². The minimum atomic E-state index is -4.48. The number of methoxy groups -OCH3 is 1. The molecule has 1 fully saturated rings. The van der Waals surface area contributed by atoms with E-state index in [0.717, 1.165) is 34.5 Å². The number of carbonyl (C=O) groups is 1. The number of hydrogen-bond acceptors (Lipinski definition) is 5. The van der Waals surface area contributed by atoms with Crippen LogP contribution in [0.4, 0.5) is 22.0 Å². The molecule has 0 radical (unpaired) electrons. The van der Waals surface area contributed by atoms with Gasteiger partial charge in [-0.05, 0) is 59.9 Å². The summed E-state index contributed by atoms with van der Waals surface area (Å²) in [5, 5.41) is 0.171. The highest BCUT2D eigenvalue weighted by Crippen LogP contribution is 2.32. The highest BCUT2D eigenvalue weighted by molar-refractivity contribution is 7.98. The van der Waals surface area contributed by atoms with Crippen LogP contribution in [0, 0.1) is 11.6 Å². The van der Waals surface area contributed by atoms with E-state index in [-0.39, 0.29) is 40.3 Å². The van der Waals surface area contributed by atoms with Crippen molar-refractivity contribution in [3.05, 3.63) is 136 Å². The fourth-order valence-corrected chi connectivity index (χ4v) is 7.20. The first-order valence-corrected chi connectivity index (χ1v) is 17.5. The number of hydrogen-bond donors (Lipinski definition) is 0. The summed E-state index contributed by atoms with van der Waals surface area (Å²) in [5.74, 6) is -3.23. The highest BCUT2D eigenvalue weighted by atomic mass is 32.2. The van der Waals surface area contributed by atoms with Crippen molar-refractivity contribution in [2.24, 2.45) is 0 Å². The van der Waals surface area contributed by atoms with Gasteiger partial charge in [0, 0.05) is 62.1 Å². The molecular weight excluding hydrogens is 698 g/mol. The van der Waals surface area contributed by atoms with Gasteiger partial charge in [-0.25, -0.2) is 8.78 Å². The monoisotopic (exact) mass is 739 g/mol. The van der Waals surface area contributed by atoms with Crippen LogP contribution in [0.5, 0.6) is 0 Å². The van der Waals surface area contributed by atoms with Gasteiger partial charge in [0.15, 0.2) is 17.1 Å². The number of nitrogens with zero attached hydrogens (tertiary/aromatic N) is 3. The Balaban J connectivity index is 1.35. The Bertz CT molecular complexity index is 2250. The van der Waals surface area contributed by atoms with Crippen LogP contribution >= 0.6 is 11.8 Å². The molecule has 1 aliphatic rings. The molecule has 0 saturated carbocycles. The molecule has 0 N–H and O–H groups in total. The molecule has 1 amide bonds. The normalized spacial score (nSPS) is 15.9. The minimum Gasteiger partial charge on any atom is -0.383 e. The maximum atomic E-state index is 14.8. The fourth-order valence-electron chi connectivity index (χ4n) is 6.21. The lowest BCUT2D eigenvalue weighted by molar-refractivity contribution is -0.137. The van der Waals surface area contributed by atoms with Crippen LogP contribution < -0.4 is 5.43 Å². The Morgan fingerprint density at radius 1 is 0.942 bits per heavy atom. The van der Waals surface area contributed by atoms with Crippen LogP contribution in [0.15, 0.2) is 107 Å². The fraction of sp³-hybridized carbons (Fsp3) is 0.300. The number of ether oxygens (including phenoxy) is 1. The average molecular weight is 740 g/mol. The smallest absolute Gasteiger partial charge is 0.383 e. The van der Waals surface area contributed by atoms with E-state index in [0.29, 0.717) is 42.6 Å². The van der Waals surface area contributed by atoms with Gasteiger partial charge in [0.2, 0.25) is 5.91 Å². The molecule has 0 bridgehead atoms. The third-order valence-corrected chi connectivity index (χ3v) is 10.1. The molecule has 52 heavy (non-hydrogen) atoms. The van der Waals surface area contributed by atoms with Crippen LogP contribution in [0.2, 0.25) is 0 Å². The van der Waals surface area contributed by atoms with E-state index in [1.165, 1.54) is 54.5 Å². The predicted molar refractivity (Wildman–Crippen MR) is 193 cm³/mol. The molecule has 1 aliphatic heterocycles. The van der Waals surface area contributed by atoms with Gasteiger partial charge in [-0.3, -0.25) is 9.59 Å². The number of fused-ring (bicyclic) bond motifs is 1.